The number of likely N-dealkylation sites (tertiary alicyclic amines) is 1. The minimum Gasteiger partial charge on any atom is -0.543 e. The number of aromatic hydroxyl groups is 1. The fourth-order valence-corrected chi connectivity index (χ4v) is 5.99. The Morgan fingerprint density at radius 3 is 2.54 bits per heavy atom. The number of nitrogens with zero attached hydrogens (tertiary/aromatic N) is 3. The number of carboxylic acid groups (broad SMARTS) is 2. The van der Waals surface area contributed by atoms with Gasteiger partial charge in [0.2, 0.25) is 18.4 Å². The van der Waals surface area contributed by atoms with Crippen LogP contribution in [-0.2, 0) is 37.1 Å². The van der Waals surface area contributed by atoms with E-state index in [0.29, 0.717) is 29.9 Å². The predicted octanol–water partition coefficient (Wildman–Crippen LogP) is -0.00410. The summed E-state index contributed by atoms with van der Waals surface area (Å²) in [5, 5.41) is 30.3. The molecule has 244 valence electrons. The standard InChI is InChI=1S/C26H24FN5O6S.C2HF3O2/c27-18-9-17(3-4-19(18)33)29-20(34)12-30-6-1-2-14(10-30)11-31-7-5-15(23(31)35)8-16-13-39-25-21(28)24(36)32(25)22(16)26(37)38;3-2(4,5)1(6)7/h1-4,6,8-10,21,25H,5,7,11-13,28H2,(H2-,29,33,34,37,38);(H,6,7)/t21-,25-;/m1./s1. The lowest BCUT2D eigenvalue weighted by Gasteiger charge is -2.49. The number of fused-ring (bicyclic) bond motifs is 1. The summed E-state index contributed by atoms with van der Waals surface area (Å²) in [6.07, 6.45) is 0.264. The Morgan fingerprint density at radius 2 is 1.91 bits per heavy atom. The van der Waals surface area contributed by atoms with E-state index in [2.05, 4.69) is 5.32 Å². The maximum absolute atomic E-state index is 13.5. The smallest absolute Gasteiger partial charge is 0.490 e. The van der Waals surface area contributed by atoms with Crippen LogP contribution in [0.15, 0.2) is 65.6 Å². The topological polar surface area (TPSA) is 197 Å². The van der Waals surface area contributed by atoms with Crippen LogP contribution in [0.25, 0.3) is 0 Å². The highest BCUT2D eigenvalue weighted by atomic mass is 32.2. The Hall–Kier alpha value is -4.97. The minimum absolute atomic E-state index is 0.0624. The van der Waals surface area contributed by atoms with Crippen LogP contribution in [-0.4, -0.2) is 79.6 Å². The number of carbonyl (C=O) groups excluding carboxylic acids is 4. The number of halogens is 4. The van der Waals surface area contributed by atoms with Crippen molar-refractivity contribution < 1.29 is 61.4 Å². The van der Waals surface area contributed by atoms with Gasteiger partial charge in [0.15, 0.2) is 24.0 Å². The Labute approximate surface area is 261 Å². The van der Waals surface area contributed by atoms with Crippen molar-refractivity contribution in [2.24, 2.45) is 5.73 Å². The number of carbonyl (C=O) groups is 5. The van der Waals surface area contributed by atoms with Gasteiger partial charge in [-0.3, -0.25) is 19.3 Å². The molecule has 1 aromatic carbocycles. The third kappa shape index (κ3) is 7.63. The number of phenolic OH excluding ortho intramolecular Hbond substituents is 1. The first-order valence-electron chi connectivity index (χ1n) is 13.3. The third-order valence-corrected chi connectivity index (χ3v) is 8.21. The van der Waals surface area contributed by atoms with Crippen molar-refractivity contribution in [3.63, 3.8) is 0 Å². The van der Waals surface area contributed by atoms with Crippen molar-refractivity contribution in [3.05, 3.63) is 77.0 Å². The summed E-state index contributed by atoms with van der Waals surface area (Å²) in [4.78, 5) is 61.1. The van der Waals surface area contributed by atoms with E-state index in [4.69, 9.17) is 15.6 Å². The number of pyridine rings is 1. The second kappa shape index (κ2) is 13.6. The van der Waals surface area contributed by atoms with E-state index in [1.165, 1.54) is 23.9 Å². The van der Waals surface area contributed by atoms with Crippen molar-refractivity contribution in [2.45, 2.75) is 37.1 Å². The number of thioether (sulfide) groups is 1. The zero-order valence-corrected chi connectivity index (χ0v) is 24.3. The van der Waals surface area contributed by atoms with E-state index in [9.17, 15) is 47.0 Å². The summed E-state index contributed by atoms with van der Waals surface area (Å²) in [5.74, 6) is -6.44. The number of hydrogen-bond donors (Lipinski definition) is 4. The lowest BCUT2D eigenvalue weighted by molar-refractivity contribution is -0.684. The van der Waals surface area contributed by atoms with Gasteiger partial charge in [0.1, 0.15) is 11.4 Å². The summed E-state index contributed by atoms with van der Waals surface area (Å²) in [7, 11) is 0. The Morgan fingerprint density at radius 1 is 1.22 bits per heavy atom. The molecule has 5 rings (SSSR count). The molecule has 0 spiro atoms. The van der Waals surface area contributed by atoms with E-state index in [0.717, 1.165) is 22.6 Å². The molecule has 0 radical (unpaired) electrons. The van der Waals surface area contributed by atoms with E-state index in [1.807, 2.05) is 6.07 Å². The van der Waals surface area contributed by atoms with Crippen molar-refractivity contribution >= 4 is 47.1 Å². The summed E-state index contributed by atoms with van der Waals surface area (Å²) in [6, 6.07) is 6.35. The molecule has 2 aromatic rings. The maximum atomic E-state index is 13.5. The normalized spacial score (nSPS) is 20.2. The molecule has 18 heteroatoms. The van der Waals surface area contributed by atoms with Gasteiger partial charge in [0, 0.05) is 41.3 Å². The quantitative estimate of drug-likeness (QED) is 0.103. The van der Waals surface area contributed by atoms with Gasteiger partial charge in [-0.1, -0.05) is 0 Å². The van der Waals surface area contributed by atoms with E-state index < -0.39 is 52.9 Å². The Bertz CT molecular complexity index is 1660. The number of rotatable bonds is 7. The summed E-state index contributed by atoms with van der Waals surface area (Å²) in [6.45, 7) is 0.626. The molecule has 46 heavy (non-hydrogen) atoms. The van der Waals surface area contributed by atoms with Crippen molar-refractivity contribution in [1.82, 2.24) is 9.80 Å². The summed E-state index contributed by atoms with van der Waals surface area (Å²) < 4.78 is 46.9. The average molecular weight is 668 g/mol. The molecule has 0 unspecified atom stereocenters. The molecule has 2 saturated heterocycles. The molecule has 13 nitrogen and oxygen atoms in total. The Kier molecular flexibility index (Phi) is 10.0. The highest BCUT2D eigenvalue weighted by Gasteiger charge is 2.50. The van der Waals surface area contributed by atoms with E-state index in [-0.39, 0.29) is 30.4 Å². The number of aromatic nitrogens is 1. The average Bonchev–Trinajstić information content (AvgIpc) is 3.32. The molecule has 2 atom stereocenters. The molecule has 0 bridgehead atoms. The van der Waals surface area contributed by atoms with Crippen LogP contribution in [0.5, 0.6) is 5.75 Å². The fourth-order valence-electron chi connectivity index (χ4n) is 4.74. The van der Waals surface area contributed by atoms with Crippen LogP contribution in [0.3, 0.4) is 0 Å². The first kappa shape index (κ1) is 33.9. The molecule has 5 N–H and O–H groups in total. The van der Waals surface area contributed by atoms with Gasteiger partial charge in [-0.15, -0.1) is 11.8 Å². The molecule has 2 fully saturated rings. The van der Waals surface area contributed by atoms with Crippen LogP contribution in [0, 0.1) is 5.82 Å². The van der Waals surface area contributed by atoms with Crippen LogP contribution >= 0.6 is 11.8 Å². The molecule has 3 aliphatic heterocycles. The monoisotopic (exact) mass is 667 g/mol. The van der Waals surface area contributed by atoms with Gasteiger partial charge < -0.3 is 36.1 Å². The summed E-state index contributed by atoms with van der Waals surface area (Å²) in [5.41, 5.74) is 7.29. The molecule has 1 aromatic heterocycles. The van der Waals surface area contributed by atoms with Gasteiger partial charge in [0.05, 0.1) is 18.2 Å². The second-order valence-corrected chi connectivity index (χ2v) is 11.2. The maximum Gasteiger partial charge on any atom is 0.490 e. The van der Waals surface area contributed by atoms with Crippen molar-refractivity contribution in [1.29, 1.82) is 0 Å². The number of nitrogens with one attached hydrogen (secondary N) is 1. The number of alkyl halides is 3. The molecule has 0 aliphatic carbocycles. The van der Waals surface area contributed by atoms with Crippen molar-refractivity contribution in [3.8, 4) is 5.75 Å². The zero-order chi connectivity index (χ0) is 33.9. The number of aliphatic carboxylic acids is 2. The number of anilines is 1. The molecule has 0 saturated carbocycles. The predicted molar refractivity (Wildman–Crippen MR) is 148 cm³/mol. The number of hydrogen-bond acceptors (Lipinski definition) is 9. The largest absolute Gasteiger partial charge is 0.543 e. The number of benzene rings is 1. The fraction of sp³-hybridized carbons (Fsp3) is 0.286. The first-order chi connectivity index (χ1) is 21.6. The number of nitrogens with two attached hydrogens (primary N) is 1. The second-order valence-electron chi connectivity index (χ2n) is 10.1. The van der Waals surface area contributed by atoms with Gasteiger partial charge >= 0.3 is 12.1 Å². The number of carboxylic acids is 2. The van der Waals surface area contributed by atoms with Gasteiger partial charge in [0.25, 0.3) is 5.91 Å². The Balaban J connectivity index is 0.000000617. The number of allylic oxidation sites excluding steroid dienone is 1. The lowest BCUT2D eigenvalue weighted by Crippen LogP contribution is -2.69. The van der Waals surface area contributed by atoms with E-state index in [1.54, 1.807) is 27.9 Å². The molecule has 3 aliphatic rings. The number of phenols is 1. The SMILES string of the molecule is N[C@@H]1C(=O)N2C(C(=O)[O-])=C(C=C3CCN(Cc4ccc[n+](CC(=O)Nc5ccc(O)c(F)c5)c4)C3=O)CS[C@H]12.O=C(O)C(F)(F)F. The molecule has 3 amide bonds. The van der Waals surface area contributed by atoms with Crippen molar-refractivity contribution in [2.75, 3.05) is 17.6 Å². The lowest BCUT2D eigenvalue weighted by atomic mass is 10.0. The van der Waals surface area contributed by atoms with Crippen LogP contribution in [0.4, 0.5) is 23.2 Å². The van der Waals surface area contributed by atoms with Gasteiger partial charge in [-0.05, 0) is 36.3 Å². The molecular formula is C28H25F4N5O8S. The first-order valence-corrected chi connectivity index (χ1v) is 14.3. The van der Waals surface area contributed by atoms with Gasteiger partial charge in [-0.25, -0.2) is 9.18 Å². The highest BCUT2D eigenvalue weighted by Crippen LogP contribution is 2.40. The zero-order valence-electron chi connectivity index (χ0n) is 23.5. The third-order valence-electron chi connectivity index (χ3n) is 6.89. The number of β-lactam (4-membered cyclic amide) rings is 1. The summed E-state index contributed by atoms with van der Waals surface area (Å²) >= 11 is 1.35. The molecular weight excluding hydrogens is 642 g/mol. The van der Waals surface area contributed by atoms with Crippen LogP contribution in [0.2, 0.25) is 0 Å². The number of amides is 3. The molecule has 4 heterocycles. The van der Waals surface area contributed by atoms with Crippen LogP contribution in [0.1, 0.15) is 12.0 Å². The van der Waals surface area contributed by atoms with E-state index >= 15 is 0 Å². The van der Waals surface area contributed by atoms with Crippen LogP contribution < -0.4 is 20.7 Å². The highest BCUT2D eigenvalue weighted by molar-refractivity contribution is 8.00. The van der Waals surface area contributed by atoms with Gasteiger partial charge in [-0.2, -0.15) is 17.7 Å². The minimum atomic E-state index is -5.08.